The lowest BCUT2D eigenvalue weighted by Crippen LogP contribution is -2.49. The van der Waals surface area contributed by atoms with Crippen LogP contribution in [-0.4, -0.2) is 61.8 Å². The van der Waals surface area contributed by atoms with E-state index in [9.17, 15) is 4.79 Å². The van der Waals surface area contributed by atoms with Crippen LogP contribution in [0.3, 0.4) is 0 Å². The van der Waals surface area contributed by atoms with E-state index >= 15 is 0 Å². The predicted octanol–water partition coefficient (Wildman–Crippen LogP) is 3.30. The average molecular weight is 403 g/mol. The van der Waals surface area contributed by atoms with Gasteiger partial charge in [-0.05, 0) is 42.8 Å². The lowest BCUT2D eigenvalue weighted by atomic mass is 10.1. The van der Waals surface area contributed by atoms with Crippen LogP contribution in [0.5, 0.6) is 17.2 Å². The second-order valence-electron chi connectivity index (χ2n) is 6.86. The van der Waals surface area contributed by atoms with Crippen molar-refractivity contribution in [1.29, 1.82) is 0 Å². The van der Waals surface area contributed by atoms with Crippen LogP contribution >= 0.6 is 11.6 Å². The number of hydrogen-bond donors (Lipinski definition) is 0. The third kappa shape index (κ3) is 4.51. The maximum absolute atomic E-state index is 12.7. The van der Waals surface area contributed by atoms with Crippen molar-refractivity contribution in [3.05, 3.63) is 53.1 Å². The highest BCUT2D eigenvalue weighted by Gasteiger charge is 2.23. The van der Waals surface area contributed by atoms with Gasteiger partial charge in [0.15, 0.2) is 11.5 Å². The van der Waals surface area contributed by atoms with E-state index in [1.54, 1.807) is 18.2 Å². The summed E-state index contributed by atoms with van der Waals surface area (Å²) in [6.45, 7) is 5.00. The molecule has 2 aromatic rings. The molecule has 4 rings (SSSR count). The summed E-state index contributed by atoms with van der Waals surface area (Å²) >= 11 is 5.96. The number of piperazine rings is 1. The summed E-state index contributed by atoms with van der Waals surface area (Å²) in [5, 5.41) is 0.681. The van der Waals surface area contributed by atoms with Crippen molar-refractivity contribution >= 4 is 17.5 Å². The van der Waals surface area contributed by atoms with E-state index < -0.39 is 0 Å². The van der Waals surface area contributed by atoms with Crippen LogP contribution in [-0.2, 0) is 0 Å². The molecule has 28 heavy (non-hydrogen) atoms. The van der Waals surface area contributed by atoms with E-state index in [1.807, 2.05) is 29.2 Å². The first-order valence-electron chi connectivity index (χ1n) is 9.49. The molecule has 0 unspecified atom stereocenters. The average Bonchev–Trinajstić information content (AvgIpc) is 3.19. The van der Waals surface area contributed by atoms with Gasteiger partial charge in [0.2, 0.25) is 6.79 Å². The fourth-order valence-electron chi connectivity index (χ4n) is 3.42. The van der Waals surface area contributed by atoms with Crippen LogP contribution in [0.25, 0.3) is 0 Å². The first kappa shape index (κ1) is 18.9. The second kappa shape index (κ2) is 8.71. The van der Waals surface area contributed by atoms with Crippen LogP contribution in [0.15, 0.2) is 42.5 Å². The van der Waals surface area contributed by atoms with Gasteiger partial charge in [-0.1, -0.05) is 17.7 Å². The fourth-order valence-corrected chi connectivity index (χ4v) is 3.60. The summed E-state index contributed by atoms with van der Waals surface area (Å²) in [6.07, 6.45) is 0.933. The number of carbonyl (C=O) groups is 1. The molecule has 2 aromatic carbocycles. The lowest BCUT2D eigenvalue weighted by Gasteiger charge is -2.34. The molecule has 0 aliphatic carbocycles. The van der Waals surface area contributed by atoms with Gasteiger partial charge in [-0.3, -0.25) is 9.69 Å². The van der Waals surface area contributed by atoms with E-state index in [0.29, 0.717) is 28.7 Å². The van der Waals surface area contributed by atoms with Gasteiger partial charge in [-0.25, -0.2) is 0 Å². The minimum Gasteiger partial charge on any atom is -0.493 e. The van der Waals surface area contributed by atoms with Gasteiger partial charge >= 0.3 is 0 Å². The number of fused-ring (bicyclic) bond motifs is 1. The zero-order valence-electron chi connectivity index (χ0n) is 15.6. The Kier molecular flexibility index (Phi) is 5.88. The van der Waals surface area contributed by atoms with Gasteiger partial charge in [0.05, 0.1) is 6.61 Å². The molecule has 6 nitrogen and oxygen atoms in total. The Balaban J connectivity index is 1.19. The SMILES string of the molecule is O=C(c1ccc2c(c1)OCO2)N1CCN(CCCOc2cccc(Cl)c2)CC1. The van der Waals surface area contributed by atoms with Crippen LogP contribution < -0.4 is 14.2 Å². The molecule has 7 heteroatoms. The number of nitrogens with zero attached hydrogens (tertiary/aromatic N) is 2. The molecule has 1 fully saturated rings. The number of ether oxygens (including phenoxy) is 3. The summed E-state index contributed by atoms with van der Waals surface area (Å²) in [5.41, 5.74) is 0.646. The molecule has 0 aromatic heterocycles. The molecule has 0 saturated carbocycles. The van der Waals surface area contributed by atoms with Gasteiger partial charge in [0.1, 0.15) is 5.75 Å². The van der Waals surface area contributed by atoms with E-state index in [2.05, 4.69) is 4.90 Å². The Hall–Kier alpha value is -2.44. The lowest BCUT2D eigenvalue weighted by molar-refractivity contribution is 0.0630. The number of halogens is 1. The van der Waals surface area contributed by atoms with E-state index in [0.717, 1.165) is 44.9 Å². The van der Waals surface area contributed by atoms with E-state index in [-0.39, 0.29) is 12.7 Å². The van der Waals surface area contributed by atoms with Crippen molar-refractivity contribution in [3.8, 4) is 17.2 Å². The molecule has 0 bridgehead atoms. The highest BCUT2D eigenvalue weighted by Crippen LogP contribution is 2.32. The summed E-state index contributed by atoms with van der Waals surface area (Å²) in [7, 11) is 0. The summed E-state index contributed by atoms with van der Waals surface area (Å²) in [5.74, 6) is 2.18. The summed E-state index contributed by atoms with van der Waals surface area (Å²) < 4.78 is 16.4. The molecule has 1 saturated heterocycles. The van der Waals surface area contributed by atoms with E-state index in [1.165, 1.54) is 0 Å². The monoisotopic (exact) mass is 402 g/mol. The Morgan fingerprint density at radius 2 is 1.86 bits per heavy atom. The smallest absolute Gasteiger partial charge is 0.254 e. The zero-order valence-corrected chi connectivity index (χ0v) is 16.4. The van der Waals surface area contributed by atoms with Gasteiger partial charge in [0, 0.05) is 43.3 Å². The van der Waals surface area contributed by atoms with Crippen molar-refractivity contribution in [2.45, 2.75) is 6.42 Å². The maximum atomic E-state index is 12.7. The minimum atomic E-state index is 0.0437. The highest BCUT2D eigenvalue weighted by molar-refractivity contribution is 6.30. The normalized spacial score (nSPS) is 16.2. The first-order valence-corrected chi connectivity index (χ1v) is 9.86. The van der Waals surface area contributed by atoms with Crippen molar-refractivity contribution in [2.75, 3.05) is 46.1 Å². The van der Waals surface area contributed by atoms with Crippen molar-refractivity contribution in [3.63, 3.8) is 0 Å². The number of benzene rings is 2. The molecule has 0 N–H and O–H groups in total. The Morgan fingerprint density at radius 3 is 2.68 bits per heavy atom. The quantitative estimate of drug-likeness (QED) is 0.694. The third-order valence-electron chi connectivity index (χ3n) is 4.96. The standard InChI is InChI=1S/C21H23ClN2O4/c22-17-3-1-4-18(14-17)26-12-2-7-23-8-10-24(11-9-23)21(25)16-5-6-19-20(13-16)28-15-27-19/h1,3-6,13-14H,2,7-12,15H2. The number of carbonyl (C=O) groups excluding carboxylic acids is 1. The first-order chi connectivity index (χ1) is 13.7. The molecule has 0 atom stereocenters. The zero-order chi connectivity index (χ0) is 19.3. The molecule has 0 spiro atoms. The number of rotatable bonds is 6. The minimum absolute atomic E-state index is 0.0437. The Morgan fingerprint density at radius 1 is 1.04 bits per heavy atom. The topological polar surface area (TPSA) is 51.2 Å². The summed E-state index contributed by atoms with van der Waals surface area (Å²) in [6, 6.07) is 12.8. The Bertz CT molecular complexity index is 837. The molecule has 0 radical (unpaired) electrons. The van der Waals surface area contributed by atoms with Crippen molar-refractivity contribution < 1.29 is 19.0 Å². The molecule has 2 aliphatic heterocycles. The van der Waals surface area contributed by atoms with Crippen LogP contribution in [0.4, 0.5) is 0 Å². The van der Waals surface area contributed by atoms with Gasteiger partial charge in [-0.15, -0.1) is 0 Å². The fraction of sp³-hybridized carbons (Fsp3) is 0.381. The van der Waals surface area contributed by atoms with Gasteiger partial charge in [0.25, 0.3) is 5.91 Å². The van der Waals surface area contributed by atoms with E-state index in [4.69, 9.17) is 25.8 Å². The molecular weight excluding hydrogens is 380 g/mol. The molecule has 1 amide bonds. The van der Waals surface area contributed by atoms with Gasteiger partial charge < -0.3 is 19.1 Å². The molecular formula is C21H23ClN2O4. The Labute approximate surface area is 169 Å². The van der Waals surface area contributed by atoms with Crippen molar-refractivity contribution in [2.24, 2.45) is 0 Å². The largest absolute Gasteiger partial charge is 0.493 e. The van der Waals surface area contributed by atoms with Crippen LogP contribution in [0.1, 0.15) is 16.8 Å². The van der Waals surface area contributed by atoms with Gasteiger partial charge in [-0.2, -0.15) is 0 Å². The molecule has 2 heterocycles. The third-order valence-corrected chi connectivity index (χ3v) is 5.20. The number of hydrogen-bond acceptors (Lipinski definition) is 5. The molecule has 148 valence electrons. The van der Waals surface area contributed by atoms with Crippen LogP contribution in [0.2, 0.25) is 5.02 Å². The number of amides is 1. The second-order valence-corrected chi connectivity index (χ2v) is 7.30. The predicted molar refractivity (Wildman–Crippen MR) is 106 cm³/mol. The maximum Gasteiger partial charge on any atom is 0.254 e. The van der Waals surface area contributed by atoms with Crippen LogP contribution in [0, 0.1) is 0 Å². The highest BCUT2D eigenvalue weighted by atomic mass is 35.5. The molecule has 2 aliphatic rings. The summed E-state index contributed by atoms with van der Waals surface area (Å²) in [4.78, 5) is 17.0. The van der Waals surface area contributed by atoms with Crippen molar-refractivity contribution in [1.82, 2.24) is 9.80 Å².